The molecular weight excluding hydrogens is 666 g/mol. The molecule has 1 aromatic heterocycles. The molecule has 49 heavy (non-hydrogen) atoms. The Kier molecular flexibility index (Phi) is 13.8. The van der Waals surface area contributed by atoms with E-state index in [-0.39, 0.29) is 42.3 Å². The van der Waals surface area contributed by atoms with Crippen molar-refractivity contribution in [3.8, 4) is 6.07 Å². The Bertz CT molecular complexity index is 1820. The predicted octanol–water partition coefficient (Wildman–Crippen LogP) is 5.56. The standard InChI is InChI=1S/C37H35Cl2FN6O3/c38-29-10-9-27(32(39)21-29)20-34(46-36(48)33(42)19-26-5-1-2-6-28(26)23-41)37(49)45-31(18-25-7-11-30(40)12-8-25)22-35(47)44-15-3-4-24-13-16-43-17-14-24/h1-2,5-14,16-17,21,31,34,42H,3-4,15,18-20,22H2,(H,44,47)(H,45,49)(H,46,48)/t31-,34+/m0/s1. The van der Waals surface area contributed by atoms with Gasteiger partial charge in [0.15, 0.2) is 0 Å². The molecule has 1 heterocycles. The van der Waals surface area contributed by atoms with Crippen LogP contribution in [0.5, 0.6) is 0 Å². The van der Waals surface area contributed by atoms with Crippen LogP contribution in [0.4, 0.5) is 4.39 Å². The summed E-state index contributed by atoms with van der Waals surface area (Å²) in [5.41, 5.74) is 2.80. The molecule has 3 amide bonds. The van der Waals surface area contributed by atoms with Crippen LogP contribution in [0.1, 0.15) is 40.7 Å². The lowest BCUT2D eigenvalue weighted by Gasteiger charge is -2.24. The zero-order chi connectivity index (χ0) is 35.2. The van der Waals surface area contributed by atoms with E-state index in [9.17, 15) is 24.0 Å². The van der Waals surface area contributed by atoms with Gasteiger partial charge in [-0.1, -0.05) is 59.6 Å². The van der Waals surface area contributed by atoms with Crippen molar-refractivity contribution in [1.29, 1.82) is 10.7 Å². The van der Waals surface area contributed by atoms with Crippen LogP contribution in [-0.4, -0.2) is 47.0 Å². The molecule has 0 spiro atoms. The van der Waals surface area contributed by atoms with E-state index in [4.69, 9.17) is 28.6 Å². The number of rotatable bonds is 16. The number of hydrogen-bond donors (Lipinski definition) is 4. The maximum absolute atomic E-state index is 13.9. The quantitative estimate of drug-likeness (QED) is 0.0893. The summed E-state index contributed by atoms with van der Waals surface area (Å²) >= 11 is 12.5. The lowest BCUT2D eigenvalue weighted by atomic mass is 9.99. The number of nitrogens with zero attached hydrogens (tertiary/aromatic N) is 2. The molecule has 0 saturated carbocycles. The molecular formula is C37H35Cl2FN6O3. The summed E-state index contributed by atoms with van der Waals surface area (Å²) < 4.78 is 13.6. The van der Waals surface area contributed by atoms with Gasteiger partial charge in [0.05, 0.1) is 11.6 Å². The normalized spacial score (nSPS) is 11.9. The van der Waals surface area contributed by atoms with Crippen molar-refractivity contribution >= 4 is 46.6 Å². The monoisotopic (exact) mass is 700 g/mol. The van der Waals surface area contributed by atoms with Gasteiger partial charge in [0.25, 0.3) is 5.91 Å². The lowest BCUT2D eigenvalue weighted by molar-refractivity contribution is -0.127. The third kappa shape index (κ3) is 11.8. The second kappa shape index (κ2) is 18.4. The number of benzene rings is 3. The van der Waals surface area contributed by atoms with E-state index in [2.05, 4.69) is 27.0 Å². The van der Waals surface area contributed by atoms with E-state index >= 15 is 0 Å². The Labute approximate surface area is 294 Å². The van der Waals surface area contributed by atoms with Gasteiger partial charge >= 0.3 is 0 Å². The van der Waals surface area contributed by atoms with Crippen LogP contribution in [0.25, 0.3) is 0 Å². The van der Waals surface area contributed by atoms with E-state index in [1.54, 1.807) is 60.9 Å². The Morgan fingerprint density at radius 3 is 2.35 bits per heavy atom. The predicted molar refractivity (Wildman–Crippen MR) is 187 cm³/mol. The first kappa shape index (κ1) is 36.7. The minimum atomic E-state index is -1.20. The van der Waals surface area contributed by atoms with Crippen molar-refractivity contribution in [3.05, 3.63) is 135 Å². The van der Waals surface area contributed by atoms with Gasteiger partial charge in [0.1, 0.15) is 17.6 Å². The fraction of sp³-hybridized carbons (Fsp3) is 0.243. The van der Waals surface area contributed by atoms with Gasteiger partial charge in [-0.15, -0.1) is 0 Å². The number of nitrogens with one attached hydrogen (secondary N) is 4. The lowest BCUT2D eigenvalue weighted by Crippen LogP contribution is -2.53. The topological polar surface area (TPSA) is 148 Å². The Morgan fingerprint density at radius 2 is 1.63 bits per heavy atom. The van der Waals surface area contributed by atoms with Crippen LogP contribution < -0.4 is 16.0 Å². The number of aromatic nitrogens is 1. The molecule has 0 aliphatic heterocycles. The first-order chi connectivity index (χ1) is 23.6. The summed E-state index contributed by atoms with van der Waals surface area (Å²) in [6, 6.07) is 21.1. The van der Waals surface area contributed by atoms with Gasteiger partial charge in [-0.3, -0.25) is 24.8 Å². The van der Waals surface area contributed by atoms with Crippen molar-refractivity contribution < 1.29 is 18.8 Å². The molecule has 4 rings (SSSR count). The average Bonchev–Trinajstić information content (AvgIpc) is 3.09. The molecule has 12 heteroatoms. The number of halogens is 3. The fourth-order valence-electron chi connectivity index (χ4n) is 5.16. The summed E-state index contributed by atoms with van der Waals surface area (Å²) in [5, 5.41) is 27.0. The van der Waals surface area contributed by atoms with Crippen LogP contribution in [-0.2, 0) is 40.1 Å². The molecule has 4 aromatic rings. The van der Waals surface area contributed by atoms with Gasteiger partial charge in [-0.25, -0.2) is 4.39 Å². The summed E-state index contributed by atoms with van der Waals surface area (Å²) in [6.07, 6.45) is 4.84. The second-order valence-corrected chi connectivity index (χ2v) is 12.3. The Morgan fingerprint density at radius 1 is 0.898 bits per heavy atom. The molecule has 0 saturated heterocycles. The number of aryl methyl sites for hydroxylation is 1. The van der Waals surface area contributed by atoms with Crippen molar-refractivity contribution in [3.63, 3.8) is 0 Å². The third-order valence-electron chi connectivity index (χ3n) is 7.73. The maximum Gasteiger partial charge on any atom is 0.265 e. The maximum atomic E-state index is 13.9. The van der Waals surface area contributed by atoms with Gasteiger partial charge < -0.3 is 16.0 Å². The molecule has 0 aliphatic carbocycles. The zero-order valence-electron chi connectivity index (χ0n) is 26.5. The number of carbonyl (C=O) groups is 3. The van der Waals surface area contributed by atoms with E-state index in [1.807, 2.05) is 12.1 Å². The number of nitriles is 1. The molecule has 0 unspecified atom stereocenters. The van der Waals surface area contributed by atoms with E-state index < -0.39 is 29.7 Å². The highest BCUT2D eigenvalue weighted by atomic mass is 35.5. The molecule has 0 radical (unpaired) electrons. The summed E-state index contributed by atoms with van der Waals surface area (Å²) in [4.78, 5) is 44.2. The van der Waals surface area contributed by atoms with Crippen molar-refractivity contribution in [1.82, 2.24) is 20.9 Å². The zero-order valence-corrected chi connectivity index (χ0v) is 28.0. The number of amides is 3. The molecule has 0 fully saturated rings. The van der Waals surface area contributed by atoms with Crippen molar-refractivity contribution in [2.75, 3.05) is 6.54 Å². The average molecular weight is 702 g/mol. The van der Waals surface area contributed by atoms with Crippen LogP contribution in [0, 0.1) is 22.6 Å². The molecule has 252 valence electrons. The Balaban J connectivity index is 1.49. The first-order valence-electron chi connectivity index (χ1n) is 15.6. The summed E-state index contributed by atoms with van der Waals surface area (Å²) in [5.74, 6) is -2.12. The molecule has 0 bridgehead atoms. The number of pyridine rings is 1. The van der Waals surface area contributed by atoms with Gasteiger partial charge in [-0.2, -0.15) is 5.26 Å². The van der Waals surface area contributed by atoms with Crippen molar-refractivity contribution in [2.24, 2.45) is 0 Å². The van der Waals surface area contributed by atoms with Crippen LogP contribution in [0.2, 0.25) is 10.0 Å². The minimum Gasteiger partial charge on any atom is -0.356 e. The highest BCUT2D eigenvalue weighted by Crippen LogP contribution is 2.22. The van der Waals surface area contributed by atoms with Crippen LogP contribution in [0.3, 0.4) is 0 Å². The third-order valence-corrected chi connectivity index (χ3v) is 8.31. The van der Waals surface area contributed by atoms with Gasteiger partial charge in [0, 0.05) is 54.3 Å². The smallest absolute Gasteiger partial charge is 0.265 e. The number of carbonyl (C=O) groups excluding carboxylic acids is 3. The molecule has 0 aliphatic rings. The summed E-state index contributed by atoms with van der Waals surface area (Å²) in [7, 11) is 0. The summed E-state index contributed by atoms with van der Waals surface area (Å²) in [6.45, 7) is 0.420. The van der Waals surface area contributed by atoms with E-state index in [0.717, 1.165) is 12.0 Å². The van der Waals surface area contributed by atoms with E-state index in [0.29, 0.717) is 40.2 Å². The molecule has 2 atom stereocenters. The second-order valence-electron chi connectivity index (χ2n) is 11.4. The van der Waals surface area contributed by atoms with Gasteiger partial charge in [-0.05, 0) is 84.0 Å². The molecule has 9 nitrogen and oxygen atoms in total. The van der Waals surface area contributed by atoms with Crippen LogP contribution >= 0.6 is 23.2 Å². The first-order valence-corrected chi connectivity index (χ1v) is 16.4. The van der Waals surface area contributed by atoms with E-state index in [1.165, 1.54) is 18.2 Å². The number of hydrogen-bond acceptors (Lipinski definition) is 6. The largest absolute Gasteiger partial charge is 0.356 e. The highest BCUT2D eigenvalue weighted by molar-refractivity contribution is 6.38. The Hall–Kier alpha value is -5.11. The fourth-order valence-corrected chi connectivity index (χ4v) is 5.65. The minimum absolute atomic E-state index is 0.0416. The van der Waals surface area contributed by atoms with Crippen molar-refractivity contribution in [2.45, 2.75) is 50.6 Å². The SMILES string of the molecule is N#Cc1ccccc1CC(=N)C(=O)N[C@H](Cc1ccc(Cl)cc1Cl)C(=O)N[C@H](CC(=O)NCCCc1ccncc1)Cc1ccc(F)cc1. The molecule has 4 N–H and O–H groups in total. The van der Waals surface area contributed by atoms with Crippen LogP contribution in [0.15, 0.2) is 91.3 Å². The highest BCUT2D eigenvalue weighted by Gasteiger charge is 2.27. The molecule has 3 aromatic carbocycles. The van der Waals surface area contributed by atoms with Gasteiger partial charge in [0.2, 0.25) is 11.8 Å².